The van der Waals surface area contributed by atoms with Crippen LogP contribution in [0.4, 0.5) is 5.13 Å². The molecule has 4 nitrogen and oxygen atoms in total. The molecule has 1 amide bonds. The monoisotopic (exact) mass is 383 g/mol. The summed E-state index contributed by atoms with van der Waals surface area (Å²) in [6, 6.07) is 16.5. The molecule has 0 fully saturated rings. The highest BCUT2D eigenvalue weighted by atomic mass is 32.2. The van der Waals surface area contributed by atoms with Crippen molar-refractivity contribution in [3.05, 3.63) is 70.2 Å². The highest BCUT2D eigenvalue weighted by Crippen LogP contribution is 2.22. The molecule has 6 heteroatoms. The zero-order valence-electron chi connectivity index (χ0n) is 14.9. The molecule has 3 rings (SSSR count). The first-order valence-corrected chi connectivity index (χ1v) is 10.3. The molecule has 1 N–H and O–H groups in total. The van der Waals surface area contributed by atoms with Gasteiger partial charge in [0.25, 0.3) is 0 Å². The lowest BCUT2D eigenvalue weighted by Gasteiger charge is -2.05. The number of aryl methyl sites for hydroxylation is 2. The summed E-state index contributed by atoms with van der Waals surface area (Å²) in [5.74, 6) is 0.716. The van der Waals surface area contributed by atoms with Crippen molar-refractivity contribution in [2.75, 3.05) is 11.1 Å². The van der Waals surface area contributed by atoms with Crippen molar-refractivity contribution in [2.24, 2.45) is 0 Å². The van der Waals surface area contributed by atoms with Gasteiger partial charge in [-0.25, -0.2) is 0 Å². The van der Waals surface area contributed by atoms with Gasteiger partial charge < -0.3 is 5.32 Å². The normalized spacial score (nSPS) is 10.7. The van der Waals surface area contributed by atoms with Crippen LogP contribution in [0.2, 0.25) is 0 Å². The standard InChI is InChI=1S/C20H21N3OS2/c1-14-8-9-17(12-15(14)2)25-11-10-18(24)21-20-23-22-19(26-20)13-16-6-4-3-5-7-16/h3-9,12H,10-11,13H2,1-2H3,(H,21,23,24). The second kappa shape index (κ2) is 8.96. The van der Waals surface area contributed by atoms with Gasteiger partial charge in [0.1, 0.15) is 5.01 Å². The summed E-state index contributed by atoms with van der Waals surface area (Å²) in [5.41, 5.74) is 3.75. The zero-order valence-corrected chi connectivity index (χ0v) is 16.5. The first-order valence-electron chi connectivity index (χ1n) is 8.46. The van der Waals surface area contributed by atoms with E-state index in [-0.39, 0.29) is 5.91 Å². The highest BCUT2D eigenvalue weighted by molar-refractivity contribution is 7.99. The molecule has 3 aromatic rings. The number of hydrogen-bond donors (Lipinski definition) is 1. The molecule has 0 aliphatic carbocycles. The number of benzene rings is 2. The summed E-state index contributed by atoms with van der Waals surface area (Å²) < 4.78 is 0. The fourth-order valence-electron chi connectivity index (χ4n) is 2.39. The van der Waals surface area contributed by atoms with Gasteiger partial charge in [-0.3, -0.25) is 4.79 Å². The minimum atomic E-state index is -0.0243. The number of rotatable bonds is 7. The van der Waals surface area contributed by atoms with E-state index in [4.69, 9.17) is 0 Å². The molecular formula is C20H21N3OS2. The molecule has 0 atom stereocenters. The molecule has 134 valence electrons. The molecule has 1 aromatic heterocycles. The number of anilines is 1. The van der Waals surface area contributed by atoms with E-state index in [1.807, 2.05) is 18.2 Å². The van der Waals surface area contributed by atoms with E-state index >= 15 is 0 Å². The molecule has 0 aliphatic heterocycles. The van der Waals surface area contributed by atoms with E-state index in [0.717, 1.165) is 17.2 Å². The topological polar surface area (TPSA) is 54.9 Å². The first-order chi connectivity index (χ1) is 12.6. The summed E-state index contributed by atoms with van der Waals surface area (Å²) >= 11 is 3.12. The van der Waals surface area contributed by atoms with Gasteiger partial charge in [0, 0.05) is 23.5 Å². The summed E-state index contributed by atoms with van der Waals surface area (Å²) in [6.45, 7) is 4.21. The number of amides is 1. The van der Waals surface area contributed by atoms with Crippen molar-refractivity contribution in [2.45, 2.75) is 31.6 Å². The fourth-order valence-corrected chi connectivity index (χ4v) is 4.13. The average Bonchev–Trinajstić information content (AvgIpc) is 3.05. The third-order valence-electron chi connectivity index (χ3n) is 3.99. The maximum atomic E-state index is 12.1. The molecule has 0 saturated carbocycles. The van der Waals surface area contributed by atoms with Gasteiger partial charge in [-0.2, -0.15) is 0 Å². The molecule has 0 radical (unpaired) electrons. The third-order valence-corrected chi connectivity index (χ3v) is 5.82. The van der Waals surface area contributed by atoms with Crippen molar-refractivity contribution >= 4 is 34.1 Å². The van der Waals surface area contributed by atoms with Gasteiger partial charge in [-0.15, -0.1) is 22.0 Å². The Morgan fingerprint density at radius 3 is 2.65 bits per heavy atom. The van der Waals surface area contributed by atoms with Crippen LogP contribution in [0, 0.1) is 13.8 Å². The number of aromatic nitrogens is 2. The van der Waals surface area contributed by atoms with Crippen LogP contribution in [0.15, 0.2) is 53.4 Å². The van der Waals surface area contributed by atoms with E-state index in [1.54, 1.807) is 11.8 Å². The van der Waals surface area contributed by atoms with E-state index in [1.165, 1.54) is 32.9 Å². The van der Waals surface area contributed by atoms with Crippen LogP contribution in [0.25, 0.3) is 0 Å². The van der Waals surface area contributed by atoms with Crippen LogP contribution in [-0.4, -0.2) is 21.9 Å². The average molecular weight is 384 g/mol. The van der Waals surface area contributed by atoms with Crippen LogP contribution in [-0.2, 0) is 11.2 Å². The molecular weight excluding hydrogens is 362 g/mol. The van der Waals surface area contributed by atoms with Crippen molar-refractivity contribution in [1.82, 2.24) is 10.2 Å². The summed E-state index contributed by atoms with van der Waals surface area (Å²) in [7, 11) is 0. The summed E-state index contributed by atoms with van der Waals surface area (Å²) in [4.78, 5) is 13.3. The Hall–Kier alpha value is -2.18. The minimum absolute atomic E-state index is 0.0243. The van der Waals surface area contributed by atoms with Crippen molar-refractivity contribution in [3.8, 4) is 0 Å². The van der Waals surface area contributed by atoms with E-state index in [9.17, 15) is 4.79 Å². The Morgan fingerprint density at radius 2 is 1.88 bits per heavy atom. The fraction of sp³-hybridized carbons (Fsp3) is 0.250. The van der Waals surface area contributed by atoms with Crippen molar-refractivity contribution in [1.29, 1.82) is 0 Å². The number of nitrogens with zero attached hydrogens (tertiary/aromatic N) is 2. The van der Waals surface area contributed by atoms with Crippen molar-refractivity contribution < 1.29 is 4.79 Å². The Labute approximate surface area is 162 Å². The van der Waals surface area contributed by atoms with Crippen LogP contribution in [0.5, 0.6) is 0 Å². The molecule has 0 aliphatic rings. The molecule has 1 heterocycles. The number of nitrogens with one attached hydrogen (secondary N) is 1. The van der Waals surface area contributed by atoms with Gasteiger partial charge in [-0.1, -0.05) is 47.7 Å². The molecule has 0 unspecified atom stereocenters. The molecule has 0 saturated heterocycles. The SMILES string of the molecule is Cc1ccc(SCCC(=O)Nc2nnc(Cc3ccccc3)s2)cc1C. The van der Waals surface area contributed by atoms with Crippen LogP contribution >= 0.6 is 23.1 Å². The van der Waals surface area contributed by atoms with Crippen molar-refractivity contribution in [3.63, 3.8) is 0 Å². The summed E-state index contributed by atoms with van der Waals surface area (Å²) in [6.07, 6.45) is 1.18. The van der Waals surface area contributed by atoms with Gasteiger partial charge in [0.05, 0.1) is 0 Å². The minimum Gasteiger partial charge on any atom is -0.301 e. The molecule has 0 spiro atoms. The van der Waals surface area contributed by atoms with E-state index in [0.29, 0.717) is 11.6 Å². The predicted molar refractivity (Wildman–Crippen MR) is 109 cm³/mol. The predicted octanol–water partition coefficient (Wildman–Crippen LogP) is 4.87. The number of thioether (sulfide) groups is 1. The van der Waals surface area contributed by atoms with E-state index < -0.39 is 0 Å². The van der Waals surface area contributed by atoms with Gasteiger partial charge in [0.2, 0.25) is 11.0 Å². The quantitative estimate of drug-likeness (QED) is 0.592. The van der Waals surface area contributed by atoms with Gasteiger partial charge in [0.15, 0.2) is 0 Å². The summed E-state index contributed by atoms with van der Waals surface area (Å²) in [5, 5.41) is 12.5. The first kappa shape index (κ1) is 18.6. The second-order valence-electron chi connectivity index (χ2n) is 6.06. The third kappa shape index (κ3) is 5.41. The zero-order chi connectivity index (χ0) is 18.4. The molecule has 2 aromatic carbocycles. The van der Waals surface area contributed by atoms with Crippen LogP contribution < -0.4 is 5.32 Å². The number of carbonyl (C=O) groups excluding carboxylic acids is 1. The largest absolute Gasteiger partial charge is 0.301 e. The molecule has 26 heavy (non-hydrogen) atoms. The van der Waals surface area contributed by atoms with Gasteiger partial charge in [-0.05, 0) is 42.7 Å². The number of carbonyl (C=O) groups is 1. The lowest BCUT2D eigenvalue weighted by atomic mass is 10.1. The van der Waals surface area contributed by atoms with E-state index in [2.05, 4.69) is 59.7 Å². The maximum absolute atomic E-state index is 12.1. The lowest BCUT2D eigenvalue weighted by Crippen LogP contribution is -2.11. The number of hydrogen-bond acceptors (Lipinski definition) is 5. The smallest absolute Gasteiger partial charge is 0.227 e. The Morgan fingerprint density at radius 1 is 1.08 bits per heavy atom. The lowest BCUT2D eigenvalue weighted by molar-refractivity contribution is -0.115. The second-order valence-corrected chi connectivity index (χ2v) is 8.29. The Bertz CT molecular complexity index is 878. The van der Waals surface area contributed by atoms with Crippen LogP contribution in [0.3, 0.4) is 0 Å². The Kier molecular flexibility index (Phi) is 6.41. The Balaban J connectivity index is 1.45. The maximum Gasteiger partial charge on any atom is 0.227 e. The molecule has 0 bridgehead atoms. The van der Waals surface area contributed by atoms with Gasteiger partial charge >= 0.3 is 0 Å². The highest BCUT2D eigenvalue weighted by Gasteiger charge is 2.09. The van der Waals surface area contributed by atoms with Crippen LogP contribution in [0.1, 0.15) is 28.1 Å².